The van der Waals surface area contributed by atoms with Gasteiger partial charge in [0.15, 0.2) is 0 Å². The number of aromatic carboxylic acids is 1. The van der Waals surface area contributed by atoms with Gasteiger partial charge in [-0.3, -0.25) is 0 Å². The van der Waals surface area contributed by atoms with E-state index in [1.807, 2.05) is 12.1 Å². The fourth-order valence-corrected chi connectivity index (χ4v) is 2.45. The molecule has 0 spiro atoms. The third-order valence-corrected chi connectivity index (χ3v) is 3.55. The lowest BCUT2D eigenvalue weighted by molar-refractivity contribution is 0.0699. The number of carboxylic acid groups (broad SMARTS) is 1. The van der Waals surface area contributed by atoms with Crippen molar-refractivity contribution in [2.45, 2.75) is 39.5 Å². The van der Waals surface area contributed by atoms with Gasteiger partial charge >= 0.3 is 5.97 Å². The second-order valence-corrected chi connectivity index (χ2v) is 5.63. The largest absolute Gasteiger partial charge is 0.478 e. The normalized spacial score (nSPS) is 11.5. The fourth-order valence-electron chi connectivity index (χ4n) is 2.45. The third-order valence-electron chi connectivity index (χ3n) is 3.55. The molecular formula is C17H20O2. The molecule has 2 nitrogen and oxygen atoms in total. The standard InChI is InChI=1S/C17H20O2/c1-10(2)13-8-12-6-5-7-14(17(18)19)16(12)15(9-13)11(3)4/h5-11H,1-4H3,(H,18,19). The number of carbonyl (C=O) groups is 1. The maximum atomic E-state index is 11.4. The van der Waals surface area contributed by atoms with Gasteiger partial charge in [0.05, 0.1) is 5.56 Å². The lowest BCUT2D eigenvalue weighted by Crippen LogP contribution is -2.02. The maximum Gasteiger partial charge on any atom is 0.336 e. The molecule has 0 aliphatic heterocycles. The van der Waals surface area contributed by atoms with Crippen molar-refractivity contribution < 1.29 is 9.90 Å². The van der Waals surface area contributed by atoms with Crippen LogP contribution < -0.4 is 0 Å². The second-order valence-electron chi connectivity index (χ2n) is 5.63. The van der Waals surface area contributed by atoms with Gasteiger partial charge in [-0.15, -0.1) is 0 Å². The molecule has 0 fully saturated rings. The van der Waals surface area contributed by atoms with Gasteiger partial charge in [-0.2, -0.15) is 0 Å². The SMILES string of the molecule is CC(C)c1cc(C(C)C)c2c(C(=O)O)cccc2c1. The third kappa shape index (κ3) is 2.48. The zero-order chi connectivity index (χ0) is 14.2. The summed E-state index contributed by atoms with van der Waals surface area (Å²) in [5.74, 6) is -0.109. The molecule has 100 valence electrons. The highest BCUT2D eigenvalue weighted by molar-refractivity contribution is 6.05. The van der Waals surface area contributed by atoms with Crippen LogP contribution in [0, 0.1) is 0 Å². The Morgan fingerprint density at radius 2 is 1.74 bits per heavy atom. The van der Waals surface area contributed by atoms with Gasteiger partial charge in [-0.25, -0.2) is 4.79 Å². The molecule has 0 aromatic heterocycles. The quantitative estimate of drug-likeness (QED) is 0.857. The molecule has 0 unspecified atom stereocenters. The fraction of sp³-hybridized carbons (Fsp3) is 0.353. The van der Waals surface area contributed by atoms with Gasteiger partial charge in [0, 0.05) is 0 Å². The van der Waals surface area contributed by atoms with Crippen molar-refractivity contribution in [3.05, 3.63) is 47.0 Å². The Labute approximate surface area is 114 Å². The van der Waals surface area contributed by atoms with E-state index in [9.17, 15) is 9.90 Å². The summed E-state index contributed by atoms with van der Waals surface area (Å²) in [6.45, 7) is 8.54. The van der Waals surface area contributed by atoms with Crippen molar-refractivity contribution >= 4 is 16.7 Å². The van der Waals surface area contributed by atoms with E-state index in [1.54, 1.807) is 6.07 Å². The summed E-state index contributed by atoms with van der Waals surface area (Å²) in [5, 5.41) is 11.3. The van der Waals surface area contributed by atoms with Crippen LogP contribution >= 0.6 is 0 Å². The first-order chi connectivity index (χ1) is 8.91. The molecule has 0 radical (unpaired) electrons. The van der Waals surface area contributed by atoms with E-state index in [0.29, 0.717) is 17.4 Å². The molecule has 2 aromatic rings. The van der Waals surface area contributed by atoms with Crippen molar-refractivity contribution in [1.82, 2.24) is 0 Å². The Balaban J connectivity index is 2.87. The average molecular weight is 256 g/mol. The average Bonchev–Trinajstić information content (AvgIpc) is 2.36. The Kier molecular flexibility index (Phi) is 3.61. The molecule has 0 heterocycles. The zero-order valence-corrected chi connectivity index (χ0v) is 11.9. The first-order valence-electron chi connectivity index (χ1n) is 6.71. The van der Waals surface area contributed by atoms with E-state index in [2.05, 4.69) is 39.8 Å². The zero-order valence-electron chi connectivity index (χ0n) is 11.9. The van der Waals surface area contributed by atoms with Crippen LogP contribution in [0.5, 0.6) is 0 Å². The Morgan fingerprint density at radius 1 is 1.05 bits per heavy atom. The molecule has 2 rings (SSSR count). The van der Waals surface area contributed by atoms with E-state index in [1.165, 1.54) is 5.56 Å². The van der Waals surface area contributed by atoms with Crippen molar-refractivity contribution in [2.24, 2.45) is 0 Å². The van der Waals surface area contributed by atoms with Crippen molar-refractivity contribution in [2.75, 3.05) is 0 Å². The maximum absolute atomic E-state index is 11.4. The van der Waals surface area contributed by atoms with E-state index >= 15 is 0 Å². The summed E-state index contributed by atoms with van der Waals surface area (Å²) in [6, 6.07) is 9.77. The number of hydrogen-bond donors (Lipinski definition) is 1. The van der Waals surface area contributed by atoms with E-state index in [-0.39, 0.29) is 0 Å². The minimum Gasteiger partial charge on any atom is -0.478 e. The Morgan fingerprint density at radius 3 is 2.26 bits per heavy atom. The predicted molar refractivity (Wildman–Crippen MR) is 79.1 cm³/mol. The molecule has 0 saturated heterocycles. The van der Waals surface area contributed by atoms with Gasteiger partial charge in [0.1, 0.15) is 0 Å². The van der Waals surface area contributed by atoms with Crippen molar-refractivity contribution in [1.29, 1.82) is 0 Å². The summed E-state index contributed by atoms with van der Waals surface area (Å²) in [7, 11) is 0. The molecule has 2 heteroatoms. The summed E-state index contributed by atoms with van der Waals surface area (Å²) < 4.78 is 0. The predicted octanol–water partition coefficient (Wildman–Crippen LogP) is 4.78. The van der Waals surface area contributed by atoms with Crippen LogP contribution in [-0.4, -0.2) is 11.1 Å². The number of hydrogen-bond acceptors (Lipinski definition) is 1. The van der Waals surface area contributed by atoms with Crippen LogP contribution in [0.1, 0.15) is 61.0 Å². The van der Waals surface area contributed by atoms with Crippen LogP contribution in [0.15, 0.2) is 30.3 Å². The molecule has 0 aliphatic rings. The first kappa shape index (κ1) is 13.6. The molecule has 0 saturated carbocycles. The van der Waals surface area contributed by atoms with E-state index < -0.39 is 5.97 Å². The van der Waals surface area contributed by atoms with Gasteiger partial charge in [0.2, 0.25) is 0 Å². The van der Waals surface area contributed by atoms with Crippen LogP contribution in [0.2, 0.25) is 0 Å². The van der Waals surface area contributed by atoms with E-state index in [4.69, 9.17) is 0 Å². The van der Waals surface area contributed by atoms with Gasteiger partial charge in [0.25, 0.3) is 0 Å². The van der Waals surface area contributed by atoms with Gasteiger partial charge in [-0.1, -0.05) is 52.0 Å². The van der Waals surface area contributed by atoms with Crippen LogP contribution in [0.3, 0.4) is 0 Å². The van der Waals surface area contributed by atoms with Crippen molar-refractivity contribution in [3.8, 4) is 0 Å². The van der Waals surface area contributed by atoms with Crippen LogP contribution in [0.4, 0.5) is 0 Å². The van der Waals surface area contributed by atoms with Crippen LogP contribution in [0.25, 0.3) is 10.8 Å². The minimum absolute atomic E-state index is 0.307. The summed E-state index contributed by atoms with van der Waals surface area (Å²) >= 11 is 0. The number of benzene rings is 2. The highest BCUT2D eigenvalue weighted by Gasteiger charge is 2.15. The molecule has 0 atom stereocenters. The number of rotatable bonds is 3. The summed E-state index contributed by atoms with van der Waals surface area (Å²) in [5.41, 5.74) is 2.79. The number of carboxylic acids is 1. The highest BCUT2D eigenvalue weighted by Crippen LogP contribution is 2.32. The van der Waals surface area contributed by atoms with Crippen molar-refractivity contribution in [3.63, 3.8) is 0 Å². The molecule has 19 heavy (non-hydrogen) atoms. The molecule has 2 aromatic carbocycles. The minimum atomic E-state index is -0.857. The molecule has 0 amide bonds. The Bertz CT molecular complexity index is 624. The Hall–Kier alpha value is -1.83. The summed E-state index contributed by atoms with van der Waals surface area (Å²) in [6.07, 6.45) is 0. The number of fused-ring (bicyclic) bond motifs is 1. The monoisotopic (exact) mass is 256 g/mol. The lowest BCUT2D eigenvalue weighted by atomic mass is 9.88. The second kappa shape index (κ2) is 5.04. The molecule has 1 N–H and O–H groups in total. The highest BCUT2D eigenvalue weighted by atomic mass is 16.4. The lowest BCUT2D eigenvalue weighted by Gasteiger charge is -2.16. The molecule has 0 bridgehead atoms. The first-order valence-corrected chi connectivity index (χ1v) is 6.71. The van der Waals surface area contributed by atoms with Gasteiger partial charge in [-0.05, 0) is 39.8 Å². The smallest absolute Gasteiger partial charge is 0.336 e. The van der Waals surface area contributed by atoms with E-state index in [0.717, 1.165) is 16.3 Å². The molecular weight excluding hydrogens is 236 g/mol. The summed E-state index contributed by atoms with van der Waals surface area (Å²) in [4.78, 5) is 11.4. The van der Waals surface area contributed by atoms with Gasteiger partial charge < -0.3 is 5.11 Å². The van der Waals surface area contributed by atoms with Crippen LogP contribution in [-0.2, 0) is 0 Å². The topological polar surface area (TPSA) is 37.3 Å². The molecule has 0 aliphatic carbocycles.